The van der Waals surface area contributed by atoms with Gasteiger partial charge in [0.1, 0.15) is 12.4 Å². The van der Waals surface area contributed by atoms with Gasteiger partial charge in [-0.05, 0) is 30.3 Å². The minimum absolute atomic E-state index is 0.575. The Bertz CT molecular complexity index is 502. The summed E-state index contributed by atoms with van der Waals surface area (Å²) in [5.41, 5.74) is 7.34. The number of para-hydroxylation sites is 1. The third kappa shape index (κ3) is 3.57. The number of benzene rings is 2. The maximum atomic E-state index is 5.83. The van der Waals surface area contributed by atoms with Gasteiger partial charge in [0.15, 0.2) is 0 Å². The zero-order valence-electron chi connectivity index (χ0n) is 9.90. The van der Waals surface area contributed by atoms with Crippen molar-refractivity contribution < 1.29 is 4.74 Å². The lowest BCUT2D eigenvalue weighted by molar-refractivity contribution is 0.333. The summed E-state index contributed by atoms with van der Waals surface area (Å²) < 4.78 is 5.56. The van der Waals surface area contributed by atoms with E-state index < -0.39 is 0 Å². The molecule has 0 heterocycles. The molecule has 18 heavy (non-hydrogen) atoms. The Labute approximate surface area is 112 Å². The third-order valence-electron chi connectivity index (χ3n) is 2.44. The van der Waals surface area contributed by atoms with Crippen molar-refractivity contribution in [3.05, 3.63) is 53.6 Å². The van der Waals surface area contributed by atoms with Gasteiger partial charge in [-0.3, -0.25) is 0 Å². The molecular formula is C14H15ClN2O. The van der Waals surface area contributed by atoms with Crippen LogP contribution >= 0.6 is 11.6 Å². The highest BCUT2D eigenvalue weighted by atomic mass is 35.5. The fraction of sp³-hybridized carbons (Fsp3) is 0.143. The summed E-state index contributed by atoms with van der Waals surface area (Å²) in [7, 11) is 0. The summed E-state index contributed by atoms with van der Waals surface area (Å²) in [6.07, 6.45) is 0. The summed E-state index contributed by atoms with van der Waals surface area (Å²) >= 11 is 5.83. The third-order valence-corrected chi connectivity index (χ3v) is 2.68. The standard InChI is InChI=1S/C14H15ClN2O/c15-11-6-7-14(13(16)10-11)17-8-9-18-12-4-2-1-3-5-12/h1-7,10,17H,8-9,16H2. The van der Waals surface area contributed by atoms with Crippen LogP contribution in [0.5, 0.6) is 5.75 Å². The van der Waals surface area contributed by atoms with Crippen molar-refractivity contribution in [2.75, 3.05) is 24.2 Å². The molecule has 0 aliphatic rings. The molecule has 94 valence electrons. The van der Waals surface area contributed by atoms with E-state index in [-0.39, 0.29) is 0 Å². The zero-order valence-corrected chi connectivity index (χ0v) is 10.7. The van der Waals surface area contributed by atoms with Crippen molar-refractivity contribution in [2.24, 2.45) is 0 Å². The maximum absolute atomic E-state index is 5.83. The average Bonchev–Trinajstić information content (AvgIpc) is 2.38. The van der Waals surface area contributed by atoms with Crippen molar-refractivity contribution >= 4 is 23.0 Å². The lowest BCUT2D eigenvalue weighted by atomic mass is 10.2. The van der Waals surface area contributed by atoms with E-state index in [4.69, 9.17) is 22.1 Å². The van der Waals surface area contributed by atoms with E-state index in [0.717, 1.165) is 11.4 Å². The Balaban J connectivity index is 1.79. The van der Waals surface area contributed by atoms with Crippen molar-refractivity contribution in [1.82, 2.24) is 0 Å². The number of nitrogens with two attached hydrogens (primary N) is 1. The smallest absolute Gasteiger partial charge is 0.119 e. The molecule has 0 unspecified atom stereocenters. The summed E-state index contributed by atoms with van der Waals surface area (Å²) in [6, 6.07) is 15.1. The van der Waals surface area contributed by atoms with Crippen LogP contribution in [0.1, 0.15) is 0 Å². The molecule has 4 heteroatoms. The van der Waals surface area contributed by atoms with Crippen LogP contribution in [0.2, 0.25) is 5.02 Å². The van der Waals surface area contributed by atoms with Gasteiger partial charge in [-0.15, -0.1) is 0 Å². The molecule has 0 amide bonds. The number of ether oxygens (including phenoxy) is 1. The highest BCUT2D eigenvalue weighted by molar-refractivity contribution is 6.31. The first-order valence-corrected chi connectivity index (χ1v) is 6.10. The average molecular weight is 263 g/mol. The SMILES string of the molecule is Nc1cc(Cl)ccc1NCCOc1ccccc1. The first-order valence-electron chi connectivity index (χ1n) is 5.72. The second kappa shape index (κ2) is 6.17. The van der Waals surface area contributed by atoms with E-state index in [2.05, 4.69) is 5.32 Å². The van der Waals surface area contributed by atoms with E-state index in [1.54, 1.807) is 12.1 Å². The number of nitrogens with one attached hydrogen (secondary N) is 1. The van der Waals surface area contributed by atoms with E-state index in [1.807, 2.05) is 36.4 Å². The van der Waals surface area contributed by atoms with Gasteiger partial charge in [0.25, 0.3) is 0 Å². The zero-order chi connectivity index (χ0) is 12.8. The van der Waals surface area contributed by atoms with E-state index in [0.29, 0.717) is 23.9 Å². The molecule has 2 rings (SSSR count). The lowest BCUT2D eigenvalue weighted by Crippen LogP contribution is -2.12. The molecule has 0 saturated carbocycles. The highest BCUT2D eigenvalue weighted by Crippen LogP contribution is 2.22. The quantitative estimate of drug-likeness (QED) is 0.641. The van der Waals surface area contributed by atoms with Crippen molar-refractivity contribution in [3.63, 3.8) is 0 Å². The van der Waals surface area contributed by atoms with Gasteiger partial charge < -0.3 is 15.8 Å². The second-order valence-corrected chi connectivity index (χ2v) is 4.26. The van der Waals surface area contributed by atoms with Gasteiger partial charge >= 0.3 is 0 Å². The van der Waals surface area contributed by atoms with E-state index in [9.17, 15) is 0 Å². The molecule has 0 saturated heterocycles. The predicted molar refractivity (Wildman–Crippen MR) is 76.3 cm³/mol. The summed E-state index contributed by atoms with van der Waals surface area (Å²) in [5.74, 6) is 0.864. The molecular weight excluding hydrogens is 248 g/mol. The first kappa shape index (κ1) is 12.6. The second-order valence-electron chi connectivity index (χ2n) is 3.82. The van der Waals surface area contributed by atoms with Crippen molar-refractivity contribution in [1.29, 1.82) is 0 Å². The normalized spacial score (nSPS) is 10.1. The summed E-state index contributed by atoms with van der Waals surface area (Å²) in [6.45, 7) is 1.26. The number of nitrogen functional groups attached to an aromatic ring is 1. The molecule has 3 N–H and O–H groups in total. The Morgan fingerprint density at radius 3 is 2.61 bits per heavy atom. The fourth-order valence-electron chi connectivity index (χ4n) is 1.57. The van der Waals surface area contributed by atoms with Gasteiger partial charge in [-0.1, -0.05) is 29.8 Å². The lowest BCUT2D eigenvalue weighted by Gasteiger charge is -2.10. The Morgan fingerprint density at radius 2 is 1.89 bits per heavy atom. The number of hydrogen-bond acceptors (Lipinski definition) is 3. The molecule has 0 aliphatic heterocycles. The predicted octanol–water partition coefficient (Wildman–Crippen LogP) is 3.41. The van der Waals surface area contributed by atoms with E-state index in [1.165, 1.54) is 0 Å². The van der Waals surface area contributed by atoms with Gasteiger partial charge in [-0.2, -0.15) is 0 Å². The van der Waals surface area contributed by atoms with Crippen molar-refractivity contribution in [2.45, 2.75) is 0 Å². The van der Waals surface area contributed by atoms with Crippen LogP contribution in [0.15, 0.2) is 48.5 Å². The summed E-state index contributed by atoms with van der Waals surface area (Å²) in [4.78, 5) is 0. The molecule has 2 aromatic carbocycles. The molecule has 0 atom stereocenters. The van der Waals surface area contributed by atoms with Crippen LogP contribution in [0.3, 0.4) is 0 Å². The Hall–Kier alpha value is -1.87. The minimum Gasteiger partial charge on any atom is -0.492 e. The van der Waals surface area contributed by atoms with Crippen LogP contribution < -0.4 is 15.8 Å². The largest absolute Gasteiger partial charge is 0.492 e. The van der Waals surface area contributed by atoms with Crippen LogP contribution in [-0.4, -0.2) is 13.2 Å². The molecule has 0 fully saturated rings. The fourth-order valence-corrected chi connectivity index (χ4v) is 1.75. The van der Waals surface area contributed by atoms with E-state index >= 15 is 0 Å². The van der Waals surface area contributed by atoms with Crippen LogP contribution in [0.4, 0.5) is 11.4 Å². The molecule has 0 radical (unpaired) electrons. The molecule has 0 aliphatic carbocycles. The molecule has 0 spiro atoms. The van der Waals surface area contributed by atoms with Crippen LogP contribution in [0, 0.1) is 0 Å². The van der Waals surface area contributed by atoms with Gasteiger partial charge in [0.05, 0.1) is 11.4 Å². The van der Waals surface area contributed by atoms with Crippen LogP contribution in [0.25, 0.3) is 0 Å². The number of anilines is 2. The van der Waals surface area contributed by atoms with Crippen LogP contribution in [-0.2, 0) is 0 Å². The topological polar surface area (TPSA) is 47.3 Å². The first-order chi connectivity index (χ1) is 8.75. The maximum Gasteiger partial charge on any atom is 0.119 e. The van der Waals surface area contributed by atoms with Gasteiger partial charge in [-0.25, -0.2) is 0 Å². The Kier molecular flexibility index (Phi) is 4.31. The van der Waals surface area contributed by atoms with Gasteiger partial charge in [0.2, 0.25) is 0 Å². The molecule has 3 nitrogen and oxygen atoms in total. The van der Waals surface area contributed by atoms with Crippen molar-refractivity contribution in [3.8, 4) is 5.75 Å². The number of hydrogen-bond donors (Lipinski definition) is 2. The molecule has 2 aromatic rings. The number of halogens is 1. The Morgan fingerprint density at radius 1 is 1.11 bits per heavy atom. The number of rotatable bonds is 5. The molecule has 0 aromatic heterocycles. The minimum atomic E-state index is 0.575. The monoisotopic (exact) mass is 262 g/mol. The highest BCUT2D eigenvalue weighted by Gasteiger charge is 1.99. The summed E-state index contributed by atoms with van der Waals surface area (Å²) in [5, 5.41) is 3.84. The molecule has 0 bridgehead atoms. The van der Waals surface area contributed by atoms with Gasteiger partial charge in [0, 0.05) is 11.6 Å².